The molecule has 0 fully saturated rings. The Bertz CT molecular complexity index is 1020. The van der Waals surface area contributed by atoms with Gasteiger partial charge in [-0.15, -0.1) is 0 Å². The lowest BCUT2D eigenvalue weighted by atomic mass is 10.0. The number of ether oxygens (including phenoxy) is 1. The van der Waals surface area contributed by atoms with Crippen molar-refractivity contribution < 1.29 is 19.4 Å². The number of hydrogen-bond acceptors (Lipinski definition) is 5. The van der Waals surface area contributed by atoms with Gasteiger partial charge in [0, 0.05) is 51.0 Å². The van der Waals surface area contributed by atoms with Gasteiger partial charge in [-0.3, -0.25) is 4.90 Å². The van der Waals surface area contributed by atoms with E-state index in [1.807, 2.05) is 36.4 Å². The summed E-state index contributed by atoms with van der Waals surface area (Å²) in [5.74, 6) is 0.354. The molecular weight excluding hydrogens is 410 g/mol. The number of carbonyl (C=O) groups is 2. The van der Waals surface area contributed by atoms with Crippen LogP contribution < -0.4 is 10.2 Å². The number of aromatic nitrogens is 3. The lowest BCUT2D eigenvalue weighted by Crippen LogP contribution is -2.38. The maximum atomic E-state index is 12.5. The van der Waals surface area contributed by atoms with E-state index >= 15 is 0 Å². The van der Waals surface area contributed by atoms with Gasteiger partial charge in [-0.25, -0.2) is 19.6 Å². The molecule has 0 saturated carbocycles. The first-order chi connectivity index (χ1) is 15.5. The van der Waals surface area contributed by atoms with Crippen LogP contribution in [0.2, 0.25) is 0 Å². The number of urea groups is 1. The van der Waals surface area contributed by atoms with Crippen LogP contribution in [-0.4, -0.2) is 58.4 Å². The van der Waals surface area contributed by atoms with Gasteiger partial charge in [-0.05, 0) is 24.6 Å². The summed E-state index contributed by atoms with van der Waals surface area (Å²) in [5.41, 5.74) is 2.44. The van der Waals surface area contributed by atoms with Crippen molar-refractivity contribution in [1.29, 1.82) is 0 Å². The van der Waals surface area contributed by atoms with E-state index in [0.717, 1.165) is 17.0 Å². The summed E-state index contributed by atoms with van der Waals surface area (Å²) in [4.78, 5) is 36.9. The largest absolute Gasteiger partial charge is 0.479 e. The van der Waals surface area contributed by atoms with Crippen LogP contribution in [0.5, 0.6) is 0 Å². The summed E-state index contributed by atoms with van der Waals surface area (Å²) in [6, 6.07) is 12.7. The normalized spacial score (nSPS) is 11.7. The minimum absolute atomic E-state index is 0.257. The highest BCUT2D eigenvalue weighted by Gasteiger charge is 2.18. The molecule has 1 aromatic carbocycles. The number of imidazole rings is 1. The second-order valence-electron chi connectivity index (χ2n) is 7.14. The first-order valence-corrected chi connectivity index (χ1v) is 10.4. The molecule has 3 aromatic rings. The van der Waals surface area contributed by atoms with Crippen molar-refractivity contribution in [2.45, 2.75) is 25.9 Å². The third kappa shape index (κ3) is 6.14. The van der Waals surface area contributed by atoms with Gasteiger partial charge in [0.05, 0.1) is 5.69 Å². The first kappa shape index (κ1) is 23.0. The highest BCUT2D eigenvalue weighted by Crippen LogP contribution is 2.21. The Hall–Kier alpha value is -3.72. The highest BCUT2D eigenvalue weighted by atomic mass is 16.5. The molecule has 0 saturated heterocycles. The monoisotopic (exact) mass is 437 g/mol. The Morgan fingerprint density at radius 3 is 2.66 bits per heavy atom. The minimum atomic E-state index is -0.976. The van der Waals surface area contributed by atoms with Crippen LogP contribution in [-0.2, 0) is 22.4 Å². The van der Waals surface area contributed by atoms with Gasteiger partial charge in [0.15, 0.2) is 6.10 Å². The Morgan fingerprint density at radius 2 is 2.00 bits per heavy atom. The van der Waals surface area contributed by atoms with Gasteiger partial charge >= 0.3 is 12.0 Å². The average Bonchev–Trinajstić information content (AvgIpc) is 3.32. The molecule has 0 aliphatic rings. The molecule has 9 heteroatoms. The summed E-state index contributed by atoms with van der Waals surface area (Å²) in [5, 5.41) is 12.1. The molecule has 0 bridgehead atoms. The number of H-pyrrole nitrogens is 1. The van der Waals surface area contributed by atoms with Gasteiger partial charge in [0.1, 0.15) is 11.6 Å². The number of carbonyl (C=O) groups excluding carboxylic acids is 1. The Labute approximate surface area is 186 Å². The van der Waals surface area contributed by atoms with E-state index in [9.17, 15) is 14.7 Å². The van der Waals surface area contributed by atoms with Crippen molar-refractivity contribution in [2.75, 3.05) is 25.1 Å². The number of pyridine rings is 1. The molecule has 32 heavy (non-hydrogen) atoms. The molecule has 0 radical (unpaired) electrons. The second kappa shape index (κ2) is 11.1. The average molecular weight is 438 g/mol. The molecule has 1 unspecified atom stereocenters. The molecule has 9 nitrogen and oxygen atoms in total. The van der Waals surface area contributed by atoms with E-state index < -0.39 is 12.1 Å². The molecular formula is C23H27N5O4. The molecule has 3 rings (SSSR count). The molecule has 2 amide bonds. The van der Waals surface area contributed by atoms with Crippen LogP contribution >= 0.6 is 0 Å². The third-order valence-corrected chi connectivity index (χ3v) is 4.89. The smallest absolute Gasteiger partial charge is 0.333 e. The zero-order valence-electron chi connectivity index (χ0n) is 18.1. The number of nitrogens with one attached hydrogen (secondary N) is 2. The fourth-order valence-electron chi connectivity index (χ4n) is 3.16. The number of aliphatic carboxylic acids is 1. The number of anilines is 1. The van der Waals surface area contributed by atoms with Crippen molar-refractivity contribution in [2.24, 2.45) is 0 Å². The van der Waals surface area contributed by atoms with Gasteiger partial charge in [0.25, 0.3) is 0 Å². The van der Waals surface area contributed by atoms with Gasteiger partial charge in [-0.2, -0.15) is 0 Å². The van der Waals surface area contributed by atoms with E-state index in [-0.39, 0.29) is 12.5 Å². The molecule has 2 heterocycles. The van der Waals surface area contributed by atoms with Crippen LogP contribution in [0.15, 0.2) is 54.9 Å². The van der Waals surface area contributed by atoms with Crippen molar-refractivity contribution in [1.82, 2.24) is 20.3 Å². The van der Waals surface area contributed by atoms with Crippen LogP contribution in [0.4, 0.5) is 10.6 Å². The Balaban J connectivity index is 1.63. The quantitative estimate of drug-likeness (QED) is 0.449. The topological polar surface area (TPSA) is 120 Å². The third-order valence-electron chi connectivity index (χ3n) is 4.89. The predicted octanol–water partition coefficient (Wildman–Crippen LogP) is 2.89. The highest BCUT2D eigenvalue weighted by molar-refractivity contribution is 5.90. The van der Waals surface area contributed by atoms with Crippen molar-refractivity contribution in [3.8, 4) is 11.3 Å². The second-order valence-corrected chi connectivity index (χ2v) is 7.14. The van der Waals surface area contributed by atoms with Crippen molar-refractivity contribution in [3.63, 3.8) is 0 Å². The summed E-state index contributed by atoms with van der Waals surface area (Å²) >= 11 is 0. The van der Waals surface area contributed by atoms with Gasteiger partial charge in [0.2, 0.25) is 0 Å². The van der Waals surface area contributed by atoms with Gasteiger partial charge < -0.3 is 20.1 Å². The number of nitrogens with zero attached hydrogens (tertiary/aromatic N) is 3. The summed E-state index contributed by atoms with van der Waals surface area (Å²) in [7, 11) is 1.66. The molecule has 2 aromatic heterocycles. The van der Waals surface area contributed by atoms with Crippen molar-refractivity contribution >= 4 is 17.8 Å². The van der Waals surface area contributed by atoms with E-state index in [0.29, 0.717) is 31.1 Å². The summed E-state index contributed by atoms with van der Waals surface area (Å²) in [6.45, 7) is 2.57. The number of carboxylic acid groups (broad SMARTS) is 1. The molecule has 3 N–H and O–H groups in total. The number of benzene rings is 1. The molecule has 0 aliphatic heterocycles. The van der Waals surface area contributed by atoms with Crippen LogP contribution in [0.1, 0.15) is 18.3 Å². The summed E-state index contributed by atoms with van der Waals surface area (Å²) < 4.78 is 5.28. The predicted molar refractivity (Wildman–Crippen MR) is 121 cm³/mol. The number of carboxylic acids is 1. The number of aromatic amines is 1. The lowest BCUT2D eigenvalue weighted by Gasteiger charge is -2.18. The fraction of sp³-hybridized carbons (Fsp3) is 0.304. The lowest BCUT2D eigenvalue weighted by molar-refractivity contribution is -0.149. The molecule has 1 atom stereocenters. The van der Waals surface area contributed by atoms with E-state index in [1.54, 1.807) is 32.4 Å². The minimum Gasteiger partial charge on any atom is -0.479 e. The SMILES string of the molecule is CCOC(Cc1ccc(-c2cccc(N(C)C(=O)NCCc3ncc[nH]3)n2)cc1)C(=O)O. The molecule has 0 aliphatic carbocycles. The molecule has 0 spiro atoms. The standard InChI is InChI=1S/C23H27N5O4/c1-3-32-19(22(29)30)15-16-7-9-17(10-8-16)18-5-4-6-21(27-18)28(2)23(31)26-12-11-20-24-13-14-25-20/h4-10,13-14,19H,3,11-12,15H2,1-2H3,(H,24,25)(H,26,31)(H,29,30). The Morgan fingerprint density at radius 1 is 1.22 bits per heavy atom. The summed E-state index contributed by atoms with van der Waals surface area (Å²) in [6.07, 6.45) is 3.45. The zero-order valence-corrected chi connectivity index (χ0v) is 18.1. The first-order valence-electron chi connectivity index (χ1n) is 10.4. The maximum Gasteiger partial charge on any atom is 0.333 e. The van der Waals surface area contributed by atoms with Gasteiger partial charge in [-0.1, -0.05) is 30.3 Å². The fourth-order valence-corrected chi connectivity index (χ4v) is 3.16. The number of rotatable bonds is 10. The van der Waals surface area contributed by atoms with E-state index in [4.69, 9.17) is 4.74 Å². The van der Waals surface area contributed by atoms with Crippen LogP contribution in [0.25, 0.3) is 11.3 Å². The number of amides is 2. The van der Waals surface area contributed by atoms with Crippen molar-refractivity contribution in [3.05, 3.63) is 66.2 Å². The van der Waals surface area contributed by atoms with E-state index in [2.05, 4.69) is 20.3 Å². The van der Waals surface area contributed by atoms with Crippen LogP contribution in [0.3, 0.4) is 0 Å². The molecule has 168 valence electrons. The maximum absolute atomic E-state index is 12.5. The van der Waals surface area contributed by atoms with Crippen LogP contribution in [0, 0.1) is 0 Å². The zero-order chi connectivity index (χ0) is 22.9. The van der Waals surface area contributed by atoms with E-state index in [1.165, 1.54) is 4.90 Å². The number of hydrogen-bond donors (Lipinski definition) is 3. The Kier molecular flexibility index (Phi) is 7.93.